The lowest BCUT2D eigenvalue weighted by Gasteiger charge is -2.14. The second kappa shape index (κ2) is 4.34. The van der Waals surface area contributed by atoms with Crippen LogP contribution in [0.5, 0.6) is 0 Å². The molecule has 0 radical (unpaired) electrons. The van der Waals surface area contributed by atoms with Gasteiger partial charge in [-0.1, -0.05) is 0 Å². The van der Waals surface area contributed by atoms with Crippen molar-refractivity contribution in [2.24, 2.45) is 5.92 Å². The Bertz CT molecular complexity index is 388. The number of carboxylic acids is 1. The number of carbonyl (C=O) groups excluding carboxylic acids is 1. The Morgan fingerprint density at radius 2 is 2.44 bits per heavy atom. The average molecular weight is 223 g/mol. The molecule has 2 heterocycles. The van der Waals surface area contributed by atoms with Gasteiger partial charge in [-0.2, -0.15) is 0 Å². The molecule has 6 nitrogen and oxygen atoms in total. The first-order valence-corrected chi connectivity index (χ1v) is 5.16. The van der Waals surface area contributed by atoms with Gasteiger partial charge in [-0.25, -0.2) is 4.98 Å². The standard InChI is InChI=1S/C10H13N3O3/c14-9(15)3-7-1-2-13(5-7)10(16)8-4-11-6-12-8/h4,6-7H,1-3,5H2,(H,11,12)(H,14,15). The molecule has 1 saturated heterocycles. The molecular weight excluding hydrogens is 210 g/mol. The number of aliphatic carboxylic acids is 1. The van der Waals surface area contributed by atoms with Crippen molar-refractivity contribution >= 4 is 11.9 Å². The molecule has 2 N–H and O–H groups in total. The summed E-state index contributed by atoms with van der Waals surface area (Å²) >= 11 is 0. The minimum absolute atomic E-state index is 0.0735. The molecule has 1 aliphatic rings. The number of rotatable bonds is 3. The Labute approximate surface area is 92.3 Å². The number of nitrogens with one attached hydrogen (secondary N) is 1. The van der Waals surface area contributed by atoms with Crippen LogP contribution in [-0.4, -0.2) is 44.9 Å². The van der Waals surface area contributed by atoms with Crippen LogP contribution in [0.15, 0.2) is 12.5 Å². The minimum atomic E-state index is -0.805. The van der Waals surface area contributed by atoms with Gasteiger partial charge in [0.15, 0.2) is 0 Å². The van der Waals surface area contributed by atoms with Crippen LogP contribution in [0.2, 0.25) is 0 Å². The predicted molar refractivity (Wildman–Crippen MR) is 54.9 cm³/mol. The third-order valence-corrected chi connectivity index (χ3v) is 2.76. The van der Waals surface area contributed by atoms with Gasteiger partial charge in [0, 0.05) is 19.5 Å². The number of imidazole rings is 1. The van der Waals surface area contributed by atoms with Gasteiger partial charge in [0.2, 0.25) is 0 Å². The summed E-state index contributed by atoms with van der Waals surface area (Å²) < 4.78 is 0. The molecule has 6 heteroatoms. The van der Waals surface area contributed by atoms with Crippen LogP contribution >= 0.6 is 0 Å². The van der Waals surface area contributed by atoms with Gasteiger partial charge in [-0.3, -0.25) is 9.59 Å². The molecule has 2 rings (SSSR count). The van der Waals surface area contributed by atoms with Gasteiger partial charge in [-0.05, 0) is 12.3 Å². The highest BCUT2D eigenvalue weighted by Gasteiger charge is 2.28. The number of H-pyrrole nitrogens is 1. The maximum Gasteiger partial charge on any atom is 0.303 e. The first kappa shape index (κ1) is 10.7. The van der Waals surface area contributed by atoms with Crippen LogP contribution in [0.25, 0.3) is 0 Å². The number of carbonyl (C=O) groups is 2. The fourth-order valence-electron chi connectivity index (χ4n) is 1.97. The average Bonchev–Trinajstić information content (AvgIpc) is 2.84. The zero-order valence-corrected chi connectivity index (χ0v) is 8.72. The second-order valence-corrected chi connectivity index (χ2v) is 3.97. The topological polar surface area (TPSA) is 86.3 Å². The molecule has 1 aliphatic heterocycles. The van der Waals surface area contributed by atoms with Crippen molar-refractivity contribution in [1.82, 2.24) is 14.9 Å². The smallest absolute Gasteiger partial charge is 0.303 e. The Morgan fingerprint density at radius 3 is 3.06 bits per heavy atom. The van der Waals surface area contributed by atoms with Crippen LogP contribution in [0, 0.1) is 5.92 Å². The van der Waals surface area contributed by atoms with E-state index in [1.807, 2.05) is 0 Å². The Hall–Kier alpha value is -1.85. The first-order valence-electron chi connectivity index (χ1n) is 5.16. The fraction of sp³-hybridized carbons (Fsp3) is 0.500. The summed E-state index contributed by atoms with van der Waals surface area (Å²) in [5.74, 6) is -0.837. The van der Waals surface area contributed by atoms with Crippen molar-refractivity contribution in [2.45, 2.75) is 12.8 Å². The predicted octanol–water partition coefficient (Wildman–Crippen LogP) is 0.347. The second-order valence-electron chi connectivity index (χ2n) is 3.97. The maximum absolute atomic E-state index is 11.8. The van der Waals surface area contributed by atoms with E-state index >= 15 is 0 Å². The van der Waals surface area contributed by atoms with E-state index in [-0.39, 0.29) is 18.2 Å². The zero-order valence-electron chi connectivity index (χ0n) is 8.72. The van der Waals surface area contributed by atoms with Crippen molar-refractivity contribution in [3.8, 4) is 0 Å². The number of amides is 1. The van der Waals surface area contributed by atoms with Crippen molar-refractivity contribution in [2.75, 3.05) is 13.1 Å². The molecule has 86 valence electrons. The number of likely N-dealkylation sites (tertiary alicyclic amines) is 1. The van der Waals surface area contributed by atoms with Crippen molar-refractivity contribution in [3.63, 3.8) is 0 Å². The molecular formula is C10H13N3O3. The number of hydrogen-bond donors (Lipinski definition) is 2. The SMILES string of the molecule is O=C(O)CC1CCN(C(=O)c2cnc[nH]2)C1. The van der Waals surface area contributed by atoms with E-state index in [0.717, 1.165) is 6.42 Å². The molecule has 0 aromatic carbocycles. The van der Waals surface area contributed by atoms with E-state index in [2.05, 4.69) is 9.97 Å². The van der Waals surface area contributed by atoms with E-state index < -0.39 is 5.97 Å². The molecule has 1 aromatic heterocycles. The van der Waals surface area contributed by atoms with Crippen LogP contribution in [0.3, 0.4) is 0 Å². The molecule has 0 aliphatic carbocycles. The lowest BCUT2D eigenvalue weighted by Crippen LogP contribution is -2.29. The zero-order chi connectivity index (χ0) is 11.5. The summed E-state index contributed by atoms with van der Waals surface area (Å²) in [5, 5.41) is 8.66. The fourth-order valence-corrected chi connectivity index (χ4v) is 1.97. The quantitative estimate of drug-likeness (QED) is 0.774. The van der Waals surface area contributed by atoms with Gasteiger partial charge >= 0.3 is 5.97 Å². The van der Waals surface area contributed by atoms with E-state index in [9.17, 15) is 9.59 Å². The molecule has 1 aromatic rings. The molecule has 0 bridgehead atoms. The van der Waals surface area contributed by atoms with Gasteiger partial charge in [-0.15, -0.1) is 0 Å². The molecule has 1 atom stereocenters. The maximum atomic E-state index is 11.8. The Kier molecular flexibility index (Phi) is 2.89. The third-order valence-electron chi connectivity index (χ3n) is 2.76. The molecule has 16 heavy (non-hydrogen) atoms. The third kappa shape index (κ3) is 2.21. The first-order chi connectivity index (χ1) is 7.66. The molecule has 0 spiro atoms. The number of nitrogens with zero attached hydrogens (tertiary/aromatic N) is 2. The van der Waals surface area contributed by atoms with Crippen LogP contribution in [-0.2, 0) is 4.79 Å². The van der Waals surface area contributed by atoms with Gasteiger partial charge in [0.1, 0.15) is 5.69 Å². The van der Waals surface area contributed by atoms with Gasteiger partial charge in [0.25, 0.3) is 5.91 Å². The summed E-state index contributed by atoms with van der Waals surface area (Å²) in [6.45, 7) is 1.14. The van der Waals surface area contributed by atoms with Crippen molar-refractivity contribution < 1.29 is 14.7 Å². The molecule has 1 fully saturated rings. The lowest BCUT2D eigenvalue weighted by molar-refractivity contribution is -0.138. The Balaban J connectivity index is 1.94. The van der Waals surface area contributed by atoms with Crippen LogP contribution in [0.1, 0.15) is 23.3 Å². The summed E-state index contributed by atoms with van der Waals surface area (Å²) in [6.07, 6.45) is 3.82. The van der Waals surface area contributed by atoms with Crippen LogP contribution in [0.4, 0.5) is 0 Å². The van der Waals surface area contributed by atoms with E-state index in [0.29, 0.717) is 18.8 Å². The van der Waals surface area contributed by atoms with Crippen molar-refractivity contribution in [3.05, 3.63) is 18.2 Å². The van der Waals surface area contributed by atoms with Crippen LogP contribution < -0.4 is 0 Å². The normalized spacial score (nSPS) is 20.0. The largest absolute Gasteiger partial charge is 0.481 e. The Morgan fingerprint density at radius 1 is 1.62 bits per heavy atom. The lowest BCUT2D eigenvalue weighted by atomic mass is 10.1. The number of carboxylic acid groups (broad SMARTS) is 1. The summed E-state index contributed by atoms with van der Waals surface area (Å²) in [5.41, 5.74) is 0.455. The van der Waals surface area contributed by atoms with E-state index in [1.165, 1.54) is 12.5 Å². The molecule has 1 amide bonds. The van der Waals surface area contributed by atoms with Crippen molar-refractivity contribution in [1.29, 1.82) is 0 Å². The summed E-state index contributed by atoms with van der Waals surface area (Å²) in [4.78, 5) is 30.6. The molecule has 1 unspecified atom stereocenters. The number of aromatic amines is 1. The minimum Gasteiger partial charge on any atom is -0.481 e. The number of aromatic nitrogens is 2. The highest BCUT2D eigenvalue weighted by Crippen LogP contribution is 2.20. The van der Waals surface area contributed by atoms with Gasteiger partial charge < -0.3 is 15.0 Å². The molecule has 0 saturated carbocycles. The monoisotopic (exact) mass is 223 g/mol. The summed E-state index contributed by atoms with van der Waals surface area (Å²) in [6, 6.07) is 0. The highest BCUT2D eigenvalue weighted by molar-refractivity contribution is 5.92. The van der Waals surface area contributed by atoms with E-state index in [1.54, 1.807) is 4.90 Å². The number of hydrogen-bond acceptors (Lipinski definition) is 3. The van der Waals surface area contributed by atoms with Gasteiger partial charge in [0.05, 0.1) is 12.5 Å². The summed E-state index contributed by atoms with van der Waals surface area (Å²) in [7, 11) is 0. The van der Waals surface area contributed by atoms with E-state index in [4.69, 9.17) is 5.11 Å². The highest BCUT2D eigenvalue weighted by atomic mass is 16.4.